The van der Waals surface area contributed by atoms with Crippen LogP contribution >= 0.6 is 0 Å². The third kappa shape index (κ3) is 2.75. The summed E-state index contributed by atoms with van der Waals surface area (Å²) >= 11 is 0. The average Bonchev–Trinajstić information content (AvgIpc) is 2.79. The summed E-state index contributed by atoms with van der Waals surface area (Å²) in [5.74, 6) is 1.28. The number of benzene rings is 1. The van der Waals surface area contributed by atoms with Crippen LogP contribution in [-0.2, 0) is 0 Å². The van der Waals surface area contributed by atoms with Gasteiger partial charge in [-0.3, -0.25) is 4.99 Å². The number of hydrogen-bond donors (Lipinski definition) is 1. The van der Waals surface area contributed by atoms with Crippen molar-refractivity contribution in [1.29, 1.82) is 0 Å². The molecular formula is C13H17FN2O. The number of nitrogens with one attached hydrogen (secondary N) is 1. The van der Waals surface area contributed by atoms with Crippen LogP contribution in [0.4, 0.5) is 4.39 Å². The Labute approximate surface area is 101 Å². The first kappa shape index (κ1) is 11.9. The second-order valence-electron chi connectivity index (χ2n) is 4.47. The summed E-state index contributed by atoms with van der Waals surface area (Å²) in [7, 11) is 0. The van der Waals surface area contributed by atoms with E-state index in [1.54, 1.807) is 12.1 Å². The van der Waals surface area contributed by atoms with Crippen LogP contribution in [0.2, 0.25) is 0 Å². The van der Waals surface area contributed by atoms with E-state index in [0.29, 0.717) is 36.2 Å². The summed E-state index contributed by atoms with van der Waals surface area (Å²) in [6.07, 6.45) is 0. The number of nitrogens with zero attached hydrogens (tertiary/aromatic N) is 1. The monoisotopic (exact) mass is 236 g/mol. The zero-order valence-electron chi connectivity index (χ0n) is 10.2. The quantitative estimate of drug-likeness (QED) is 0.869. The van der Waals surface area contributed by atoms with Crippen LogP contribution < -0.4 is 10.1 Å². The van der Waals surface area contributed by atoms with Gasteiger partial charge in [-0.1, -0.05) is 19.9 Å². The number of halogens is 1. The fraction of sp³-hybridized carbons (Fsp3) is 0.462. The topological polar surface area (TPSA) is 33.6 Å². The minimum atomic E-state index is -0.292. The second kappa shape index (κ2) is 5.17. The summed E-state index contributed by atoms with van der Waals surface area (Å²) in [4.78, 5) is 4.24. The molecule has 0 amide bonds. The highest BCUT2D eigenvalue weighted by molar-refractivity contribution is 6.02. The molecule has 1 aromatic rings. The van der Waals surface area contributed by atoms with Crippen LogP contribution in [-0.4, -0.2) is 25.5 Å². The molecule has 4 heteroatoms. The van der Waals surface area contributed by atoms with E-state index in [-0.39, 0.29) is 5.82 Å². The van der Waals surface area contributed by atoms with E-state index in [0.717, 1.165) is 6.54 Å². The molecule has 0 spiro atoms. The van der Waals surface area contributed by atoms with Gasteiger partial charge in [0.2, 0.25) is 0 Å². The highest BCUT2D eigenvalue weighted by Gasteiger charge is 2.18. The Kier molecular flexibility index (Phi) is 3.61. The molecule has 1 aliphatic rings. The molecule has 1 heterocycles. The molecule has 0 fully saturated rings. The van der Waals surface area contributed by atoms with Gasteiger partial charge in [-0.05, 0) is 18.1 Å². The van der Waals surface area contributed by atoms with Crippen molar-refractivity contribution in [2.75, 3.05) is 19.7 Å². The van der Waals surface area contributed by atoms with Crippen LogP contribution in [0.1, 0.15) is 19.4 Å². The lowest BCUT2D eigenvalue weighted by molar-refractivity contribution is 0.269. The maximum atomic E-state index is 13.8. The van der Waals surface area contributed by atoms with Gasteiger partial charge in [-0.2, -0.15) is 0 Å². The molecule has 17 heavy (non-hydrogen) atoms. The Balaban J connectivity index is 2.27. The summed E-state index contributed by atoms with van der Waals surface area (Å²) < 4.78 is 19.5. The average molecular weight is 236 g/mol. The SMILES string of the molecule is CC(C)COc1cccc(F)c1C1=NCCN1. The summed E-state index contributed by atoms with van der Waals surface area (Å²) in [5.41, 5.74) is 0.450. The standard InChI is InChI=1S/C13H17FN2O/c1-9(2)8-17-11-5-3-4-10(14)12(11)13-15-6-7-16-13/h3-5,9H,6-8H2,1-2H3,(H,15,16). The molecule has 3 nitrogen and oxygen atoms in total. The van der Waals surface area contributed by atoms with Gasteiger partial charge in [-0.15, -0.1) is 0 Å². The van der Waals surface area contributed by atoms with Crippen molar-refractivity contribution in [3.05, 3.63) is 29.6 Å². The van der Waals surface area contributed by atoms with Crippen molar-refractivity contribution in [3.63, 3.8) is 0 Å². The Morgan fingerprint density at radius 1 is 1.47 bits per heavy atom. The lowest BCUT2D eigenvalue weighted by Crippen LogP contribution is -2.22. The number of amidine groups is 1. The summed E-state index contributed by atoms with van der Waals surface area (Å²) in [6.45, 7) is 6.14. The molecule has 92 valence electrons. The van der Waals surface area contributed by atoms with Crippen molar-refractivity contribution >= 4 is 5.84 Å². The zero-order chi connectivity index (χ0) is 12.3. The van der Waals surface area contributed by atoms with E-state index in [4.69, 9.17) is 4.74 Å². The molecule has 1 N–H and O–H groups in total. The van der Waals surface area contributed by atoms with Gasteiger partial charge in [-0.25, -0.2) is 4.39 Å². The van der Waals surface area contributed by atoms with Gasteiger partial charge in [0, 0.05) is 6.54 Å². The minimum Gasteiger partial charge on any atom is -0.492 e. The highest BCUT2D eigenvalue weighted by Crippen LogP contribution is 2.23. The molecule has 0 saturated carbocycles. The van der Waals surface area contributed by atoms with Crippen LogP contribution in [0.5, 0.6) is 5.75 Å². The van der Waals surface area contributed by atoms with Gasteiger partial charge in [0.15, 0.2) is 0 Å². The third-order valence-corrected chi connectivity index (χ3v) is 2.46. The van der Waals surface area contributed by atoms with Gasteiger partial charge in [0.25, 0.3) is 0 Å². The predicted molar refractivity (Wildman–Crippen MR) is 66.1 cm³/mol. The van der Waals surface area contributed by atoms with Crippen LogP contribution in [0.3, 0.4) is 0 Å². The van der Waals surface area contributed by atoms with Crippen LogP contribution in [0.25, 0.3) is 0 Å². The van der Waals surface area contributed by atoms with E-state index in [2.05, 4.69) is 24.2 Å². The number of hydrogen-bond acceptors (Lipinski definition) is 3. The Hall–Kier alpha value is -1.58. The van der Waals surface area contributed by atoms with E-state index in [1.165, 1.54) is 6.07 Å². The molecule has 1 aromatic carbocycles. The molecule has 0 atom stereocenters. The fourth-order valence-corrected chi connectivity index (χ4v) is 1.68. The van der Waals surface area contributed by atoms with E-state index >= 15 is 0 Å². The smallest absolute Gasteiger partial charge is 0.137 e. The minimum absolute atomic E-state index is 0.292. The molecule has 0 radical (unpaired) electrons. The Bertz CT molecular complexity index is 429. The fourth-order valence-electron chi connectivity index (χ4n) is 1.68. The molecule has 0 aromatic heterocycles. The first-order valence-corrected chi connectivity index (χ1v) is 5.88. The maximum absolute atomic E-state index is 13.8. The highest BCUT2D eigenvalue weighted by atomic mass is 19.1. The largest absolute Gasteiger partial charge is 0.492 e. The van der Waals surface area contributed by atoms with Crippen molar-refractivity contribution in [3.8, 4) is 5.75 Å². The van der Waals surface area contributed by atoms with E-state index in [1.807, 2.05) is 0 Å². The molecule has 0 bridgehead atoms. The molecular weight excluding hydrogens is 219 g/mol. The van der Waals surface area contributed by atoms with Gasteiger partial charge >= 0.3 is 0 Å². The van der Waals surface area contributed by atoms with Crippen molar-refractivity contribution < 1.29 is 9.13 Å². The first-order valence-electron chi connectivity index (χ1n) is 5.88. The van der Waals surface area contributed by atoms with Crippen molar-refractivity contribution in [2.24, 2.45) is 10.9 Å². The predicted octanol–water partition coefficient (Wildman–Crippen LogP) is 2.21. The Morgan fingerprint density at radius 2 is 2.29 bits per heavy atom. The van der Waals surface area contributed by atoms with Crippen LogP contribution in [0, 0.1) is 11.7 Å². The molecule has 1 aliphatic heterocycles. The van der Waals surface area contributed by atoms with Gasteiger partial charge in [0.05, 0.1) is 18.7 Å². The summed E-state index contributed by atoms with van der Waals surface area (Å²) in [5, 5.41) is 3.07. The normalized spacial score (nSPS) is 14.7. The van der Waals surface area contributed by atoms with Crippen LogP contribution in [0.15, 0.2) is 23.2 Å². The third-order valence-electron chi connectivity index (χ3n) is 2.46. The van der Waals surface area contributed by atoms with Gasteiger partial charge in [0.1, 0.15) is 17.4 Å². The Morgan fingerprint density at radius 3 is 2.94 bits per heavy atom. The van der Waals surface area contributed by atoms with Crippen molar-refractivity contribution in [2.45, 2.75) is 13.8 Å². The molecule has 0 saturated heterocycles. The zero-order valence-corrected chi connectivity index (χ0v) is 10.2. The lowest BCUT2D eigenvalue weighted by Gasteiger charge is -2.13. The number of rotatable bonds is 4. The molecule has 0 unspecified atom stereocenters. The summed E-state index contributed by atoms with van der Waals surface area (Å²) in [6, 6.07) is 4.87. The molecule has 2 rings (SSSR count). The van der Waals surface area contributed by atoms with Crippen molar-refractivity contribution in [1.82, 2.24) is 5.32 Å². The van der Waals surface area contributed by atoms with Gasteiger partial charge < -0.3 is 10.1 Å². The molecule has 0 aliphatic carbocycles. The number of ether oxygens (including phenoxy) is 1. The maximum Gasteiger partial charge on any atom is 0.137 e. The van der Waals surface area contributed by atoms with E-state index < -0.39 is 0 Å². The lowest BCUT2D eigenvalue weighted by atomic mass is 10.1. The van der Waals surface area contributed by atoms with E-state index in [9.17, 15) is 4.39 Å². The number of aliphatic imine (C=N–C) groups is 1. The second-order valence-corrected chi connectivity index (χ2v) is 4.47. The first-order chi connectivity index (χ1) is 8.18.